The van der Waals surface area contributed by atoms with Crippen LogP contribution in [0.3, 0.4) is 0 Å². The fourth-order valence-corrected chi connectivity index (χ4v) is 2.39. The third-order valence-electron chi connectivity index (χ3n) is 3.31. The van der Waals surface area contributed by atoms with Crippen LogP contribution in [-0.2, 0) is 0 Å². The summed E-state index contributed by atoms with van der Waals surface area (Å²) >= 11 is 5.28. The van der Waals surface area contributed by atoms with E-state index in [9.17, 15) is 4.39 Å². The summed E-state index contributed by atoms with van der Waals surface area (Å²) < 4.78 is 13.6. The third-order valence-corrected chi connectivity index (χ3v) is 3.51. The Morgan fingerprint density at radius 2 is 1.91 bits per heavy atom. The van der Waals surface area contributed by atoms with Gasteiger partial charge in [0.2, 0.25) is 0 Å². The number of thiocarbonyl (C=S) groups is 1. The van der Waals surface area contributed by atoms with E-state index >= 15 is 0 Å². The maximum atomic E-state index is 13.6. The Balaban J connectivity index is 1.80. The highest BCUT2D eigenvalue weighted by Crippen LogP contribution is 2.21. The van der Waals surface area contributed by atoms with E-state index in [2.05, 4.69) is 15.6 Å². The molecule has 3 rings (SSSR count). The van der Waals surface area contributed by atoms with Gasteiger partial charge in [0.15, 0.2) is 5.11 Å². The molecule has 2 aromatic carbocycles. The number of pyridine rings is 1. The second kappa shape index (κ2) is 6.07. The Kier molecular flexibility index (Phi) is 3.98. The summed E-state index contributed by atoms with van der Waals surface area (Å²) in [6.07, 6.45) is 1.74. The molecule has 22 heavy (non-hydrogen) atoms. The number of fused-ring (bicyclic) bond motifs is 1. The number of hydrogen-bond acceptors (Lipinski definition) is 2. The molecular formula is C17H14FN3S. The largest absolute Gasteiger partial charge is 0.332 e. The quantitative estimate of drug-likeness (QED) is 0.684. The minimum Gasteiger partial charge on any atom is -0.332 e. The first kappa shape index (κ1) is 14.4. The number of aryl methyl sites for hydroxylation is 1. The minimum absolute atomic E-state index is 0.264. The van der Waals surface area contributed by atoms with Gasteiger partial charge in [-0.25, -0.2) is 4.39 Å². The van der Waals surface area contributed by atoms with Crippen molar-refractivity contribution in [3.63, 3.8) is 0 Å². The Hall–Kier alpha value is -2.53. The van der Waals surface area contributed by atoms with Crippen molar-refractivity contribution in [1.82, 2.24) is 4.98 Å². The number of nitrogens with one attached hydrogen (secondary N) is 2. The maximum absolute atomic E-state index is 13.6. The predicted molar refractivity (Wildman–Crippen MR) is 92.7 cm³/mol. The Morgan fingerprint density at radius 3 is 2.73 bits per heavy atom. The lowest BCUT2D eigenvalue weighted by molar-refractivity contribution is 0.619. The summed E-state index contributed by atoms with van der Waals surface area (Å²) in [4.78, 5) is 4.36. The topological polar surface area (TPSA) is 37.0 Å². The molecule has 0 fully saturated rings. The number of nitrogens with zero attached hydrogens (tertiary/aromatic N) is 1. The van der Waals surface area contributed by atoms with Crippen LogP contribution in [0.1, 0.15) is 5.56 Å². The summed E-state index contributed by atoms with van der Waals surface area (Å²) in [6, 6.07) is 14.6. The standard InChI is InChI=1S/C17H14FN3S/c1-11-7-8-13(10-14(11)18)20-17(22)21-15-6-2-4-12-5-3-9-19-16(12)15/h2-10H,1H3,(H2,20,21,22). The Bertz CT molecular complexity index is 843. The molecule has 0 radical (unpaired) electrons. The number of hydrogen-bond donors (Lipinski definition) is 2. The lowest BCUT2D eigenvalue weighted by atomic mass is 10.2. The van der Waals surface area contributed by atoms with Gasteiger partial charge in [0.25, 0.3) is 0 Å². The van der Waals surface area contributed by atoms with Crippen LogP contribution >= 0.6 is 12.2 Å². The van der Waals surface area contributed by atoms with Gasteiger partial charge < -0.3 is 10.6 Å². The number of para-hydroxylation sites is 1. The van der Waals surface area contributed by atoms with Gasteiger partial charge >= 0.3 is 0 Å². The zero-order valence-corrected chi connectivity index (χ0v) is 12.7. The van der Waals surface area contributed by atoms with Gasteiger partial charge in [-0.15, -0.1) is 0 Å². The van der Waals surface area contributed by atoms with E-state index in [0.29, 0.717) is 16.4 Å². The van der Waals surface area contributed by atoms with E-state index in [0.717, 1.165) is 16.6 Å². The first-order valence-corrected chi connectivity index (χ1v) is 7.22. The molecule has 2 N–H and O–H groups in total. The van der Waals surface area contributed by atoms with Crippen molar-refractivity contribution in [2.75, 3.05) is 10.6 Å². The second-order valence-electron chi connectivity index (χ2n) is 4.92. The monoisotopic (exact) mass is 311 g/mol. The molecule has 0 unspecified atom stereocenters. The highest BCUT2D eigenvalue weighted by Gasteiger charge is 2.05. The van der Waals surface area contributed by atoms with E-state index in [-0.39, 0.29) is 5.82 Å². The third kappa shape index (κ3) is 3.04. The first-order chi connectivity index (χ1) is 10.6. The van der Waals surface area contributed by atoms with Crippen molar-refractivity contribution >= 4 is 39.6 Å². The van der Waals surface area contributed by atoms with E-state index < -0.39 is 0 Å². The lowest BCUT2D eigenvalue weighted by Crippen LogP contribution is -2.19. The van der Waals surface area contributed by atoms with Gasteiger partial charge in [-0.1, -0.05) is 24.3 Å². The molecule has 1 heterocycles. The van der Waals surface area contributed by atoms with Crippen molar-refractivity contribution in [3.8, 4) is 0 Å². The van der Waals surface area contributed by atoms with Crippen LogP contribution in [0.15, 0.2) is 54.7 Å². The van der Waals surface area contributed by atoms with Crippen molar-refractivity contribution < 1.29 is 4.39 Å². The van der Waals surface area contributed by atoms with E-state index in [1.807, 2.05) is 30.3 Å². The molecule has 1 aromatic heterocycles. The van der Waals surface area contributed by atoms with E-state index in [4.69, 9.17) is 12.2 Å². The van der Waals surface area contributed by atoms with Gasteiger partial charge in [-0.2, -0.15) is 0 Å². The SMILES string of the molecule is Cc1ccc(NC(=S)Nc2cccc3cccnc23)cc1F. The number of aromatic nitrogens is 1. The minimum atomic E-state index is -0.264. The van der Waals surface area contributed by atoms with Crippen LogP contribution in [0.5, 0.6) is 0 Å². The number of benzene rings is 2. The normalized spacial score (nSPS) is 10.5. The number of anilines is 2. The molecule has 0 saturated carbocycles. The smallest absolute Gasteiger partial charge is 0.175 e. The van der Waals surface area contributed by atoms with Gasteiger partial charge in [0, 0.05) is 17.3 Å². The molecule has 110 valence electrons. The lowest BCUT2D eigenvalue weighted by Gasteiger charge is -2.12. The van der Waals surface area contributed by atoms with Crippen molar-refractivity contribution in [2.24, 2.45) is 0 Å². The zero-order chi connectivity index (χ0) is 15.5. The predicted octanol–water partition coefficient (Wildman–Crippen LogP) is 4.49. The Labute approximate surface area is 133 Å². The molecule has 3 aromatic rings. The van der Waals surface area contributed by atoms with Gasteiger partial charge in [-0.3, -0.25) is 4.98 Å². The average molecular weight is 311 g/mol. The molecule has 0 aliphatic carbocycles. The summed E-state index contributed by atoms with van der Waals surface area (Å²) in [5.41, 5.74) is 2.85. The zero-order valence-electron chi connectivity index (χ0n) is 11.9. The second-order valence-corrected chi connectivity index (χ2v) is 5.33. The number of rotatable bonds is 2. The molecule has 0 aliphatic heterocycles. The molecule has 0 aliphatic rings. The molecule has 0 bridgehead atoms. The molecule has 0 atom stereocenters. The molecule has 3 nitrogen and oxygen atoms in total. The molecular weight excluding hydrogens is 297 g/mol. The fraction of sp³-hybridized carbons (Fsp3) is 0.0588. The first-order valence-electron chi connectivity index (χ1n) is 6.81. The van der Waals surface area contributed by atoms with Crippen LogP contribution < -0.4 is 10.6 Å². The fourth-order valence-electron chi connectivity index (χ4n) is 2.16. The summed E-state index contributed by atoms with van der Waals surface area (Å²) in [5.74, 6) is -0.264. The summed E-state index contributed by atoms with van der Waals surface area (Å²) in [6.45, 7) is 1.72. The molecule has 0 spiro atoms. The van der Waals surface area contributed by atoms with Gasteiger partial charge in [0.1, 0.15) is 5.82 Å². The van der Waals surface area contributed by atoms with Gasteiger partial charge in [0.05, 0.1) is 11.2 Å². The van der Waals surface area contributed by atoms with Gasteiger partial charge in [-0.05, 0) is 49.0 Å². The molecule has 0 saturated heterocycles. The molecule has 5 heteroatoms. The highest BCUT2D eigenvalue weighted by atomic mass is 32.1. The van der Waals surface area contributed by atoms with Crippen molar-refractivity contribution in [3.05, 3.63) is 66.1 Å². The van der Waals surface area contributed by atoms with Crippen molar-refractivity contribution in [2.45, 2.75) is 6.92 Å². The van der Waals surface area contributed by atoms with E-state index in [1.165, 1.54) is 6.07 Å². The summed E-state index contributed by atoms with van der Waals surface area (Å²) in [7, 11) is 0. The van der Waals surface area contributed by atoms with Crippen LogP contribution in [-0.4, -0.2) is 10.1 Å². The highest BCUT2D eigenvalue weighted by molar-refractivity contribution is 7.80. The van der Waals surface area contributed by atoms with Crippen molar-refractivity contribution in [1.29, 1.82) is 0 Å². The average Bonchev–Trinajstić information content (AvgIpc) is 2.51. The maximum Gasteiger partial charge on any atom is 0.175 e. The Morgan fingerprint density at radius 1 is 1.09 bits per heavy atom. The van der Waals surface area contributed by atoms with Crippen LogP contribution in [0.4, 0.5) is 15.8 Å². The number of halogens is 1. The van der Waals surface area contributed by atoms with Crippen LogP contribution in [0.25, 0.3) is 10.9 Å². The molecule has 0 amide bonds. The van der Waals surface area contributed by atoms with Crippen LogP contribution in [0.2, 0.25) is 0 Å². The van der Waals surface area contributed by atoms with E-state index in [1.54, 1.807) is 25.3 Å². The summed E-state index contributed by atoms with van der Waals surface area (Å²) in [5, 5.41) is 7.49. The van der Waals surface area contributed by atoms with Crippen LogP contribution in [0, 0.1) is 12.7 Å².